The van der Waals surface area contributed by atoms with Gasteiger partial charge in [0.05, 0.1) is 41.1 Å². The second-order valence-corrected chi connectivity index (χ2v) is 15.3. The van der Waals surface area contributed by atoms with Crippen LogP contribution in [0.4, 0.5) is 23.4 Å². The lowest BCUT2D eigenvalue weighted by atomic mass is 9.95. The summed E-state index contributed by atoms with van der Waals surface area (Å²) in [7, 11) is 0. The first-order valence-electron chi connectivity index (χ1n) is 17.5. The predicted molar refractivity (Wildman–Crippen MR) is 221 cm³/mol. The van der Waals surface area contributed by atoms with Crippen molar-refractivity contribution in [1.82, 2.24) is 9.97 Å². The van der Waals surface area contributed by atoms with Gasteiger partial charge in [-0.15, -0.1) is 35.8 Å². The number of amides is 2. The van der Waals surface area contributed by atoms with Crippen molar-refractivity contribution in [2.75, 3.05) is 10.6 Å². The molecule has 306 valence electrons. The summed E-state index contributed by atoms with van der Waals surface area (Å²) in [5.41, 5.74) is 3.71. The fourth-order valence-corrected chi connectivity index (χ4v) is 7.44. The Labute approximate surface area is 353 Å². The van der Waals surface area contributed by atoms with Crippen molar-refractivity contribution in [2.24, 2.45) is 11.8 Å². The topological polar surface area (TPSA) is 168 Å². The fraction of sp³-hybridized carbons (Fsp3) is 0.171. The number of alkyl halides is 3. The number of anilines is 2. The normalized spacial score (nSPS) is 12.0. The molecular formula is C41H33Cl2F3N4O7S2. The molecule has 6 rings (SSSR count). The third-order valence-electron chi connectivity index (χ3n) is 8.27. The lowest BCUT2D eigenvalue weighted by Gasteiger charge is -2.14. The largest absolute Gasteiger partial charge is 0.573 e. The maximum atomic E-state index is 12.7. The Morgan fingerprint density at radius 2 is 1.19 bits per heavy atom. The number of carboxylic acid groups (broad SMARTS) is 2. The zero-order valence-electron chi connectivity index (χ0n) is 30.5. The number of benzene rings is 4. The van der Waals surface area contributed by atoms with Gasteiger partial charge in [-0.3, -0.25) is 19.2 Å². The molecule has 2 heterocycles. The molecule has 0 saturated heterocycles. The molecule has 0 aliphatic rings. The molecule has 11 nitrogen and oxygen atoms in total. The fourth-order valence-electron chi connectivity index (χ4n) is 5.61. The number of carbonyl (C=O) groups excluding carboxylic acids is 2. The van der Waals surface area contributed by atoms with Crippen molar-refractivity contribution in [3.63, 3.8) is 0 Å². The Balaban J connectivity index is 0.000000225. The highest BCUT2D eigenvalue weighted by Crippen LogP contribution is 2.33. The van der Waals surface area contributed by atoms with Gasteiger partial charge in [-0.25, -0.2) is 9.97 Å². The molecule has 59 heavy (non-hydrogen) atoms. The van der Waals surface area contributed by atoms with Gasteiger partial charge in [-0.1, -0.05) is 96.0 Å². The summed E-state index contributed by atoms with van der Waals surface area (Å²) in [5, 5.41) is 28.6. The van der Waals surface area contributed by atoms with Gasteiger partial charge in [0.15, 0.2) is 10.3 Å². The van der Waals surface area contributed by atoms with Crippen LogP contribution in [-0.2, 0) is 32.0 Å². The first-order valence-corrected chi connectivity index (χ1v) is 20.0. The Kier molecular flexibility index (Phi) is 15.6. The number of ether oxygens (including phenoxy) is 1. The van der Waals surface area contributed by atoms with Gasteiger partial charge < -0.3 is 25.6 Å². The van der Waals surface area contributed by atoms with Crippen LogP contribution in [0.1, 0.15) is 24.0 Å². The zero-order chi connectivity index (χ0) is 42.5. The smallest absolute Gasteiger partial charge is 0.481 e. The minimum atomic E-state index is -4.81. The molecule has 0 saturated carbocycles. The second-order valence-electron chi connectivity index (χ2n) is 12.7. The second kappa shape index (κ2) is 20.7. The van der Waals surface area contributed by atoms with Crippen molar-refractivity contribution >= 4 is 79.9 Å². The maximum Gasteiger partial charge on any atom is 0.573 e. The average Bonchev–Trinajstić information content (AvgIpc) is 3.85. The number of rotatable bonds is 15. The van der Waals surface area contributed by atoms with E-state index in [-0.39, 0.29) is 36.1 Å². The summed E-state index contributed by atoms with van der Waals surface area (Å²) in [6.07, 6.45) is -4.85. The van der Waals surface area contributed by atoms with Crippen molar-refractivity contribution in [2.45, 2.75) is 32.0 Å². The van der Waals surface area contributed by atoms with Crippen LogP contribution in [0.25, 0.3) is 22.5 Å². The molecule has 6 aromatic rings. The molecule has 2 amide bonds. The first-order chi connectivity index (χ1) is 28.1. The number of aliphatic carboxylic acids is 2. The van der Waals surface area contributed by atoms with Crippen molar-refractivity contribution in [1.29, 1.82) is 0 Å². The van der Waals surface area contributed by atoms with Crippen molar-refractivity contribution in [3.8, 4) is 28.3 Å². The van der Waals surface area contributed by atoms with Crippen LogP contribution in [-0.4, -0.2) is 50.3 Å². The number of nitrogens with zero attached hydrogens (tertiary/aromatic N) is 2. The van der Waals surface area contributed by atoms with Gasteiger partial charge in [0.2, 0.25) is 11.8 Å². The quantitative estimate of drug-likeness (QED) is 0.0784. The number of carboxylic acids is 2. The molecule has 0 fully saturated rings. The Morgan fingerprint density at radius 1 is 0.678 bits per heavy atom. The van der Waals surface area contributed by atoms with E-state index in [2.05, 4.69) is 25.3 Å². The minimum absolute atomic E-state index is 0.214. The molecule has 2 atom stereocenters. The van der Waals surface area contributed by atoms with E-state index in [1.807, 2.05) is 36.4 Å². The number of halogens is 5. The van der Waals surface area contributed by atoms with Crippen LogP contribution in [0.2, 0.25) is 10.0 Å². The first kappa shape index (κ1) is 44.3. The average molecular weight is 886 g/mol. The highest BCUT2D eigenvalue weighted by Gasteiger charge is 2.31. The molecular weight excluding hydrogens is 853 g/mol. The third kappa shape index (κ3) is 14.2. The lowest BCUT2D eigenvalue weighted by molar-refractivity contribution is -0.274. The molecule has 4 N–H and O–H groups in total. The van der Waals surface area contributed by atoms with Gasteiger partial charge in [0.25, 0.3) is 0 Å². The molecule has 0 aliphatic heterocycles. The van der Waals surface area contributed by atoms with E-state index >= 15 is 0 Å². The minimum Gasteiger partial charge on any atom is -0.481 e. The lowest BCUT2D eigenvalue weighted by Crippen LogP contribution is -2.27. The van der Waals surface area contributed by atoms with E-state index in [9.17, 15) is 32.3 Å². The van der Waals surface area contributed by atoms with E-state index in [0.717, 1.165) is 22.5 Å². The molecule has 18 heteroatoms. The number of hydrogen-bond donors (Lipinski definition) is 4. The number of thiazole rings is 2. The highest BCUT2D eigenvalue weighted by atomic mass is 35.5. The third-order valence-corrected chi connectivity index (χ3v) is 10.3. The zero-order valence-corrected chi connectivity index (χ0v) is 33.6. The highest BCUT2D eigenvalue weighted by molar-refractivity contribution is 7.14. The van der Waals surface area contributed by atoms with Gasteiger partial charge in [0, 0.05) is 26.9 Å². The van der Waals surface area contributed by atoms with Crippen LogP contribution in [0.3, 0.4) is 0 Å². The number of carbonyl (C=O) groups is 4. The van der Waals surface area contributed by atoms with Crippen LogP contribution < -0.4 is 15.4 Å². The summed E-state index contributed by atoms with van der Waals surface area (Å²) >= 11 is 14.5. The SMILES string of the molecule is O=C(O)C[C@@H](Cc1ccccc1)C(=O)Nc1nc(-c2cc(Cl)ccc2Cl)cs1.O=C(O)C[C@@H](Cc1ccccc1)C(=O)Nc1nc(-c2cccc(OC(F)(F)F)c2)cs1. The summed E-state index contributed by atoms with van der Waals surface area (Å²) in [6, 6.07) is 28.7. The Morgan fingerprint density at radius 3 is 1.69 bits per heavy atom. The summed E-state index contributed by atoms with van der Waals surface area (Å²) < 4.78 is 41.2. The Bertz CT molecular complexity index is 2380. The molecule has 2 aromatic heterocycles. The predicted octanol–water partition coefficient (Wildman–Crippen LogP) is 10.4. The van der Waals surface area contributed by atoms with Crippen molar-refractivity contribution in [3.05, 3.63) is 135 Å². The number of hydrogen-bond acceptors (Lipinski definition) is 9. The molecule has 4 aromatic carbocycles. The van der Waals surface area contributed by atoms with Crippen LogP contribution in [0, 0.1) is 11.8 Å². The standard InChI is InChI=1S/C21H17F3N2O4S.C20H16Cl2N2O3S/c22-21(23,24)30-16-8-4-7-14(10-16)17-12-31-20(25-17)26-19(29)15(11-18(27)28)9-13-5-2-1-3-6-13;21-14-6-7-16(22)15(10-14)17-11-28-20(23-17)24-19(27)13(9-18(25)26)8-12-4-2-1-3-5-12/h1-8,10,12,15H,9,11H2,(H,27,28)(H,25,26,29);1-7,10-11,13H,8-9H2,(H,25,26)(H,23,24,27)/t15-;13-/m11/s1. The van der Waals surface area contributed by atoms with E-state index in [1.54, 1.807) is 59.3 Å². The van der Waals surface area contributed by atoms with Crippen molar-refractivity contribution < 1.29 is 47.3 Å². The van der Waals surface area contributed by atoms with Gasteiger partial charge >= 0.3 is 18.3 Å². The maximum absolute atomic E-state index is 12.7. The molecule has 0 aliphatic carbocycles. The van der Waals surface area contributed by atoms with E-state index < -0.39 is 36.0 Å². The van der Waals surface area contributed by atoms with Gasteiger partial charge in [-0.2, -0.15) is 0 Å². The molecule has 0 radical (unpaired) electrons. The van der Waals surface area contributed by atoms with E-state index in [4.69, 9.17) is 33.4 Å². The Hall–Kier alpha value is -5.81. The summed E-state index contributed by atoms with van der Waals surface area (Å²) in [4.78, 5) is 56.3. The molecule has 0 spiro atoms. The summed E-state index contributed by atoms with van der Waals surface area (Å²) in [5.74, 6) is -4.91. The van der Waals surface area contributed by atoms with Gasteiger partial charge in [0.1, 0.15) is 5.75 Å². The monoisotopic (exact) mass is 884 g/mol. The molecule has 0 bridgehead atoms. The number of aromatic nitrogens is 2. The molecule has 0 unspecified atom stereocenters. The van der Waals surface area contributed by atoms with E-state index in [0.29, 0.717) is 44.1 Å². The van der Waals surface area contributed by atoms with Crippen LogP contribution in [0.15, 0.2) is 114 Å². The van der Waals surface area contributed by atoms with Crippen LogP contribution >= 0.6 is 45.9 Å². The number of nitrogens with one attached hydrogen (secondary N) is 2. The van der Waals surface area contributed by atoms with E-state index in [1.165, 1.54) is 29.5 Å². The van der Waals surface area contributed by atoms with Gasteiger partial charge in [-0.05, 0) is 54.3 Å². The summed E-state index contributed by atoms with van der Waals surface area (Å²) in [6.45, 7) is 0. The van der Waals surface area contributed by atoms with Crippen LogP contribution in [0.5, 0.6) is 5.75 Å².